The summed E-state index contributed by atoms with van der Waals surface area (Å²) >= 11 is 0. The van der Waals surface area contributed by atoms with Gasteiger partial charge in [-0.25, -0.2) is 4.79 Å². The molecular weight excluding hydrogens is 307 g/mol. The van der Waals surface area contributed by atoms with Gasteiger partial charge in [-0.15, -0.1) is 0 Å². The van der Waals surface area contributed by atoms with Crippen molar-refractivity contribution < 1.29 is 23.1 Å². The van der Waals surface area contributed by atoms with E-state index in [9.17, 15) is 18.0 Å². The minimum Gasteiger partial charge on any atom is -0.478 e. The van der Waals surface area contributed by atoms with E-state index in [1.54, 1.807) is 12.1 Å². The van der Waals surface area contributed by atoms with Crippen molar-refractivity contribution in [2.45, 2.75) is 64.0 Å². The van der Waals surface area contributed by atoms with Gasteiger partial charge in [-0.1, -0.05) is 38.2 Å². The van der Waals surface area contributed by atoms with E-state index >= 15 is 0 Å². The average molecular weight is 331 g/mol. The largest absolute Gasteiger partial charge is 0.478 e. The third-order valence-electron chi connectivity index (χ3n) is 3.80. The molecule has 23 heavy (non-hydrogen) atoms. The van der Waals surface area contributed by atoms with Gasteiger partial charge >= 0.3 is 12.1 Å². The molecule has 6 heteroatoms. The zero-order chi connectivity index (χ0) is 17.3. The van der Waals surface area contributed by atoms with Crippen LogP contribution < -0.4 is 5.73 Å². The molecule has 0 radical (unpaired) electrons. The number of carboxylic acid groups (broad SMARTS) is 1. The fraction of sp³-hybridized carbons (Fsp3) is 0.588. The summed E-state index contributed by atoms with van der Waals surface area (Å²) in [5, 5.41) is 8.86. The van der Waals surface area contributed by atoms with Gasteiger partial charge in [0.05, 0.1) is 5.56 Å². The van der Waals surface area contributed by atoms with E-state index in [1.807, 2.05) is 0 Å². The van der Waals surface area contributed by atoms with Crippen molar-refractivity contribution in [3.8, 4) is 0 Å². The number of halogens is 3. The predicted octanol–water partition coefficient (Wildman–Crippen LogP) is 5.19. The van der Waals surface area contributed by atoms with Crippen LogP contribution in [0.1, 0.15) is 67.3 Å². The Morgan fingerprint density at radius 2 is 1.57 bits per heavy atom. The summed E-state index contributed by atoms with van der Waals surface area (Å²) in [6.45, 7) is 0. The van der Waals surface area contributed by atoms with Crippen molar-refractivity contribution in [1.29, 1.82) is 0 Å². The number of alkyl halides is 3. The van der Waals surface area contributed by atoms with Crippen molar-refractivity contribution in [2.75, 3.05) is 5.73 Å². The van der Waals surface area contributed by atoms with Gasteiger partial charge in [0.15, 0.2) is 0 Å². The first kappa shape index (κ1) is 19.3. The molecular formula is C17H24F3NO2. The lowest BCUT2D eigenvalue weighted by Gasteiger charge is -2.07. The van der Waals surface area contributed by atoms with Gasteiger partial charge in [0.25, 0.3) is 0 Å². The summed E-state index contributed by atoms with van der Waals surface area (Å²) in [5.41, 5.74) is 7.46. The molecule has 0 aliphatic rings. The number of carboxylic acids is 1. The quantitative estimate of drug-likeness (QED) is 0.458. The molecule has 0 bridgehead atoms. The molecule has 0 amide bonds. The van der Waals surface area contributed by atoms with E-state index in [4.69, 9.17) is 10.8 Å². The molecule has 130 valence electrons. The Morgan fingerprint density at radius 1 is 1.00 bits per heavy atom. The number of rotatable bonds is 10. The summed E-state index contributed by atoms with van der Waals surface area (Å²) in [6.07, 6.45) is 1.65. The molecule has 0 saturated heterocycles. The summed E-state index contributed by atoms with van der Waals surface area (Å²) in [4.78, 5) is 10.8. The highest BCUT2D eigenvalue weighted by molar-refractivity contribution is 5.88. The molecule has 3 N–H and O–H groups in total. The first-order valence-electron chi connectivity index (χ1n) is 7.98. The first-order chi connectivity index (χ1) is 10.8. The van der Waals surface area contributed by atoms with Crippen LogP contribution in [-0.2, 0) is 6.42 Å². The maximum absolute atomic E-state index is 12.0. The topological polar surface area (TPSA) is 63.3 Å². The molecule has 0 atom stereocenters. The Morgan fingerprint density at radius 3 is 2.09 bits per heavy atom. The van der Waals surface area contributed by atoms with Crippen molar-refractivity contribution >= 4 is 11.7 Å². The highest BCUT2D eigenvalue weighted by atomic mass is 19.4. The van der Waals surface area contributed by atoms with Crippen LogP contribution in [0.25, 0.3) is 0 Å². The zero-order valence-corrected chi connectivity index (χ0v) is 13.2. The molecule has 0 heterocycles. The van der Waals surface area contributed by atoms with Gasteiger partial charge in [0.1, 0.15) is 0 Å². The standard InChI is InChI=1S/C17H24F3NO2/c18-17(19,20)11-7-5-3-1-2-4-6-8-13-9-10-14(16(22)23)12-15(13)21/h9-10,12H,1-8,11,21H2,(H,22,23). The maximum Gasteiger partial charge on any atom is 0.389 e. The number of unbranched alkanes of at least 4 members (excludes halogenated alkanes) is 6. The average Bonchev–Trinajstić information content (AvgIpc) is 2.45. The lowest BCUT2D eigenvalue weighted by Crippen LogP contribution is -2.06. The molecule has 0 aromatic heterocycles. The van der Waals surface area contributed by atoms with Gasteiger partial charge in [-0.05, 0) is 37.0 Å². The number of aryl methyl sites for hydroxylation is 1. The molecule has 1 rings (SSSR count). The molecule has 0 aliphatic heterocycles. The smallest absolute Gasteiger partial charge is 0.389 e. The number of anilines is 1. The summed E-state index contributed by atoms with van der Waals surface area (Å²) in [6, 6.07) is 4.77. The Labute approximate surface area is 134 Å². The second-order valence-electron chi connectivity index (χ2n) is 5.81. The SMILES string of the molecule is Nc1cc(C(=O)O)ccc1CCCCCCCCCC(F)(F)F. The lowest BCUT2D eigenvalue weighted by molar-refractivity contribution is -0.135. The maximum atomic E-state index is 12.0. The van der Waals surface area contributed by atoms with E-state index in [2.05, 4.69) is 0 Å². The van der Waals surface area contributed by atoms with E-state index < -0.39 is 18.6 Å². The van der Waals surface area contributed by atoms with Crippen LogP contribution in [-0.4, -0.2) is 17.3 Å². The molecule has 1 aromatic carbocycles. The second-order valence-corrected chi connectivity index (χ2v) is 5.81. The third-order valence-corrected chi connectivity index (χ3v) is 3.80. The van der Waals surface area contributed by atoms with Gasteiger partial charge in [0.2, 0.25) is 0 Å². The molecule has 1 aromatic rings. The van der Waals surface area contributed by atoms with E-state index in [0.29, 0.717) is 12.1 Å². The molecule has 3 nitrogen and oxygen atoms in total. The zero-order valence-electron chi connectivity index (χ0n) is 13.2. The third kappa shape index (κ3) is 8.47. The van der Waals surface area contributed by atoms with Crippen LogP contribution in [0.5, 0.6) is 0 Å². The monoisotopic (exact) mass is 331 g/mol. The van der Waals surface area contributed by atoms with Crippen LogP contribution in [0.4, 0.5) is 18.9 Å². The number of hydrogen-bond acceptors (Lipinski definition) is 2. The molecule has 0 fully saturated rings. The van der Waals surface area contributed by atoms with Crippen LogP contribution in [0.3, 0.4) is 0 Å². The van der Waals surface area contributed by atoms with Crippen LogP contribution >= 0.6 is 0 Å². The van der Waals surface area contributed by atoms with Crippen molar-refractivity contribution in [2.24, 2.45) is 0 Å². The Balaban J connectivity index is 2.10. The summed E-state index contributed by atoms with van der Waals surface area (Å²) in [7, 11) is 0. The second kappa shape index (κ2) is 9.43. The number of benzene rings is 1. The highest BCUT2D eigenvalue weighted by Crippen LogP contribution is 2.23. The highest BCUT2D eigenvalue weighted by Gasteiger charge is 2.25. The van der Waals surface area contributed by atoms with E-state index in [-0.39, 0.29) is 12.0 Å². The van der Waals surface area contributed by atoms with Crippen molar-refractivity contribution in [3.63, 3.8) is 0 Å². The fourth-order valence-corrected chi connectivity index (χ4v) is 2.48. The molecule has 0 saturated carbocycles. The number of hydrogen-bond donors (Lipinski definition) is 2. The predicted molar refractivity (Wildman–Crippen MR) is 84.5 cm³/mol. The fourth-order valence-electron chi connectivity index (χ4n) is 2.48. The minimum atomic E-state index is -4.03. The van der Waals surface area contributed by atoms with Crippen LogP contribution in [0, 0.1) is 0 Å². The Bertz CT molecular complexity index is 501. The summed E-state index contributed by atoms with van der Waals surface area (Å²) < 4.78 is 35.9. The minimum absolute atomic E-state index is 0.185. The Hall–Kier alpha value is -1.72. The number of aromatic carboxylic acids is 1. The van der Waals surface area contributed by atoms with E-state index in [0.717, 1.165) is 44.1 Å². The van der Waals surface area contributed by atoms with Crippen LogP contribution in [0.15, 0.2) is 18.2 Å². The molecule has 0 unspecified atom stereocenters. The number of carbonyl (C=O) groups is 1. The van der Waals surface area contributed by atoms with Crippen molar-refractivity contribution in [1.82, 2.24) is 0 Å². The van der Waals surface area contributed by atoms with Gasteiger partial charge in [-0.2, -0.15) is 13.2 Å². The Kier molecular flexibility index (Phi) is 7.92. The molecule has 0 aliphatic carbocycles. The van der Waals surface area contributed by atoms with Gasteiger partial charge in [0, 0.05) is 12.1 Å². The number of nitrogens with two attached hydrogens (primary N) is 1. The molecule has 0 spiro atoms. The van der Waals surface area contributed by atoms with Crippen molar-refractivity contribution in [3.05, 3.63) is 29.3 Å². The van der Waals surface area contributed by atoms with Gasteiger partial charge in [-0.3, -0.25) is 0 Å². The van der Waals surface area contributed by atoms with Gasteiger partial charge < -0.3 is 10.8 Å². The number of nitrogen functional groups attached to an aromatic ring is 1. The normalized spacial score (nSPS) is 11.6. The summed E-state index contributed by atoms with van der Waals surface area (Å²) in [5.74, 6) is -0.992. The first-order valence-corrected chi connectivity index (χ1v) is 7.98. The van der Waals surface area contributed by atoms with E-state index in [1.165, 1.54) is 6.07 Å². The lowest BCUT2D eigenvalue weighted by atomic mass is 10.0. The van der Waals surface area contributed by atoms with Crippen LogP contribution in [0.2, 0.25) is 0 Å².